The highest BCUT2D eigenvalue weighted by atomic mass is 32.1. The van der Waals surface area contributed by atoms with Crippen LogP contribution >= 0.6 is 11.3 Å². The summed E-state index contributed by atoms with van der Waals surface area (Å²) < 4.78 is 6.41. The van der Waals surface area contributed by atoms with Gasteiger partial charge in [0, 0.05) is 11.5 Å². The Bertz CT molecular complexity index is 427. The van der Waals surface area contributed by atoms with Crippen LogP contribution in [0.1, 0.15) is 69.4 Å². The summed E-state index contributed by atoms with van der Waals surface area (Å²) in [6.07, 6.45) is 6.16. The van der Waals surface area contributed by atoms with Gasteiger partial charge in [-0.1, -0.05) is 26.7 Å². The van der Waals surface area contributed by atoms with E-state index in [0.717, 1.165) is 25.5 Å². The predicted octanol–water partition coefficient (Wildman–Crippen LogP) is 5.08. The van der Waals surface area contributed by atoms with E-state index in [4.69, 9.17) is 4.74 Å². The van der Waals surface area contributed by atoms with Crippen LogP contribution < -0.4 is 5.32 Å². The summed E-state index contributed by atoms with van der Waals surface area (Å²) in [6, 6.07) is 2.68. The number of aryl methyl sites for hydroxylation is 1. The monoisotopic (exact) mass is 309 g/mol. The molecule has 3 atom stereocenters. The Morgan fingerprint density at radius 1 is 1.48 bits per heavy atom. The highest BCUT2D eigenvalue weighted by molar-refractivity contribution is 7.10. The molecule has 1 heterocycles. The van der Waals surface area contributed by atoms with Crippen molar-refractivity contribution in [3.63, 3.8) is 0 Å². The molecule has 1 aliphatic carbocycles. The average molecular weight is 310 g/mol. The molecule has 1 aromatic heterocycles. The van der Waals surface area contributed by atoms with Gasteiger partial charge in [-0.25, -0.2) is 0 Å². The zero-order chi connectivity index (χ0) is 15.3. The van der Waals surface area contributed by atoms with Gasteiger partial charge in [0.1, 0.15) is 0 Å². The number of rotatable bonds is 7. The van der Waals surface area contributed by atoms with Gasteiger partial charge in [-0.3, -0.25) is 0 Å². The Morgan fingerprint density at radius 2 is 2.29 bits per heavy atom. The second kappa shape index (κ2) is 7.75. The van der Waals surface area contributed by atoms with Gasteiger partial charge in [0.15, 0.2) is 0 Å². The van der Waals surface area contributed by atoms with E-state index in [1.165, 1.54) is 36.1 Å². The number of ether oxygens (including phenoxy) is 1. The summed E-state index contributed by atoms with van der Waals surface area (Å²) in [5.74, 6) is 0.760. The number of hydrogen-bond acceptors (Lipinski definition) is 3. The standard InChI is InChI=1S/C18H31NOS/c1-5-10-19-17(16-11-15(4)21-13-16)18(20-6-2)9-7-8-14(3)12-18/h11,13-14,17,19H,5-10,12H2,1-4H3. The molecule has 0 saturated heterocycles. The normalized spacial score (nSPS) is 27.7. The van der Waals surface area contributed by atoms with Crippen molar-refractivity contribution in [2.45, 2.75) is 71.4 Å². The maximum atomic E-state index is 6.41. The number of nitrogens with one attached hydrogen (secondary N) is 1. The first kappa shape index (κ1) is 17.0. The molecule has 120 valence electrons. The van der Waals surface area contributed by atoms with Crippen LogP contribution in [0.15, 0.2) is 11.4 Å². The van der Waals surface area contributed by atoms with Crippen LogP contribution in [0.25, 0.3) is 0 Å². The van der Waals surface area contributed by atoms with Crippen LogP contribution in [0, 0.1) is 12.8 Å². The molecule has 0 aromatic carbocycles. The van der Waals surface area contributed by atoms with E-state index >= 15 is 0 Å². The molecule has 3 heteroatoms. The van der Waals surface area contributed by atoms with E-state index in [1.807, 2.05) is 11.3 Å². The average Bonchev–Trinajstić information content (AvgIpc) is 2.86. The molecule has 0 spiro atoms. The Hall–Kier alpha value is -0.380. The third-order valence-corrected chi connectivity index (χ3v) is 5.51. The second-order valence-electron chi connectivity index (χ2n) is 6.58. The summed E-state index contributed by atoms with van der Waals surface area (Å²) >= 11 is 1.85. The van der Waals surface area contributed by atoms with Gasteiger partial charge in [0.2, 0.25) is 0 Å². The molecule has 0 radical (unpaired) electrons. The molecular weight excluding hydrogens is 278 g/mol. The molecule has 21 heavy (non-hydrogen) atoms. The molecule has 1 N–H and O–H groups in total. The molecule has 3 unspecified atom stereocenters. The van der Waals surface area contributed by atoms with Gasteiger partial charge in [0.05, 0.1) is 11.6 Å². The van der Waals surface area contributed by atoms with E-state index in [1.54, 1.807) is 0 Å². The Kier molecular flexibility index (Phi) is 6.27. The molecular formula is C18H31NOS. The Balaban J connectivity index is 2.29. The van der Waals surface area contributed by atoms with Crippen molar-refractivity contribution >= 4 is 11.3 Å². The van der Waals surface area contributed by atoms with Crippen molar-refractivity contribution < 1.29 is 4.74 Å². The lowest BCUT2D eigenvalue weighted by Gasteiger charge is -2.45. The van der Waals surface area contributed by atoms with Gasteiger partial charge in [-0.2, -0.15) is 0 Å². The van der Waals surface area contributed by atoms with Crippen molar-refractivity contribution in [1.82, 2.24) is 5.32 Å². The second-order valence-corrected chi connectivity index (χ2v) is 7.69. The van der Waals surface area contributed by atoms with E-state index in [2.05, 4.69) is 44.5 Å². The van der Waals surface area contributed by atoms with Crippen LogP contribution in [0.3, 0.4) is 0 Å². The maximum absolute atomic E-state index is 6.41. The third kappa shape index (κ3) is 4.08. The molecule has 0 aliphatic heterocycles. The van der Waals surface area contributed by atoms with Crippen molar-refractivity contribution in [1.29, 1.82) is 0 Å². The minimum Gasteiger partial charge on any atom is -0.373 e. The smallest absolute Gasteiger partial charge is 0.0878 e. The quantitative estimate of drug-likeness (QED) is 0.758. The van der Waals surface area contributed by atoms with Crippen LogP contribution in [0.2, 0.25) is 0 Å². The van der Waals surface area contributed by atoms with Gasteiger partial charge >= 0.3 is 0 Å². The number of hydrogen-bond donors (Lipinski definition) is 1. The van der Waals surface area contributed by atoms with Crippen LogP contribution in [0.5, 0.6) is 0 Å². The predicted molar refractivity (Wildman–Crippen MR) is 92.1 cm³/mol. The molecule has 0 bridgehead atoms. The third-order valence-electron chi connectivity index (χ3n) is 4.63. The minimum atomic E-state index is -0.0188. The summed E-state index contributed by atoms with van der Waals surface area (Å²) in [7, 11) is 0. The highest BCUT2D eigenvalue weighted by Crippen LogP contribution is 2.44. The molecule has 0 amide bonds. The maximum Gasteiger partial charge on any atom is 0.0878 e. The van der Waals surface area contributed by atoms with E-state index in [9.17, 15) is 0 Å². The topological polar surface area (TPSA) is 21.3 Å². The first-order valence-electron chi connectivity index (χ1n) is 8.53. The lowest BCUT2D eigenvalue weighted by Crippen LogP contribution is -2.49. The fourth-order valence-corrected chi connectivity index (χ4v) is 4.55. The van der Waals surface area contributed by atoms with Crippen LogP contribution in [-0.2, 0) is 4.74 Å². The zero-order valence-electron chi connectivity index (χ0n) is 14.1. The van der Waals surface area contributed by atoms with Gasteiger partial charge in [0.25, 0.3) is 0 Å². The Labute approximate surface area is 134 Å². The molecule has 1 aliphatic rings. The summed E-state index contributed by atoms with van der Waals surface area (Å²) in [4.78, 5) is 1.39. The molecule has 2 rings (SSSR count). The molecule has 1 fully saturated rings. The lowest BCUT2D eigenvalue weighted by atomic mass is 9.73. The fraction of sp³-hybridized carbons (Fsp3) is 0.778. The van der Waals surface area contributed by atoms with E-state index in [-0.39, 0.29) is 5.60 Å². The van der Waals surface area contributed by atoms with Gasteiger partial charge < -0.3 is 10.1 Å². The Morgan fingerprint density at radius 3 is 2.86 bits per heavy atom. The van der Waals surface area contributed by atoms with E-state index in [0.29, 0.717) is 6.04 Å². The zero-order valence-corrected chi connectivity index (χ0v) is 14.9. The highest BCUT2D eigenvalue weighted by Gasteiger charge is 2.43. The summed E-state index contributed by atoms with van der Waals surface area (Å²) in [6.45, 7) is 10.8. The lowest BCUT2D eigenvalue weighted by molar-refractivity contribution is -0.102. The van der Waals surface area contributed by atoms with Gasteiger partial charge in [-0.15, -0.1) is 11.3 Å². The first-order valence-corrected chi connectivity index (χ1v) is 9.41. The molecule has 1 aromatic rings. The number of thiophene rings is 1. The van der Waals surface area contributed by atoms with Crippen molar-refractivity contribution in [2.24, 2.45) is 5.92 Å². The largest absolute Gasteiger partial charge is 0.373 e. The molecule has 1 saturated carbocycles. The SMILES string of the molecule is CCCNC(c1csc(C)c1)C1(OCC)CCCC(C)C1. The van der Waals surface area contributed by atoms with Crippen molar-refractivity contribution in [3.05, 3.63) is 21.9 Å². The van der Waals surface area contributed by atoms with Crippen molar-refractivity contribution in [3.8, 4) is 0 Å². The summed E-state index contributed by atoms with van der Waals surface area (Å²) in [5, 5.41) is 6.12. The van der Waals surface area contributed by atoms with Crippen molar-refractivity contribution in [2.75, 3.05) is 13.2 Å². The fourth-order valence-electron chi connectivity index (χ4n) is 3.82. The first-order chi connectivity index (χ1) is 10.1. The summed E-state index contributed by atoms with van der Waals surface area (Å²) in [5.41, 5.74) is 1.41. The minimum absolute atomic E-state index is 0.0188. The van der Waals surface area contributed by atoms with Crippen LogP contribution in [-0.4, -0.2) is 18.8 Å². The molecule has 2 nitrogen and oxygen atoms in total. The van der Waals surface area contributed by atoms with Gasteiger partial charge in [-0.05, 0) is 62.6 Å². The van der Waals surface area contributed by atoms with E-state index < -0.39 is 0 Å². The van der Waals surface area contributed by atoms with Crippen LogP contribution in [0.4, 0.5) is 0 Å².